The topological polar surface area (TPSA) is 74.7 Å². The average Bonchev–Trinajstić information content (AvgIpc) is 2.08. The van der Waals surface area contributed by atoms with Crippen LogP contribution in [0, 0.1) is 0 Å². The highest BCUT2D eigenvalue weighted by atomic mass is 32.2. The largest absolute Gasteiger partial charge is 0.478 e. The quantitative estimate of drug-likeness (QED) is 0.680. The Hall–Kier alpha value is -0.880. The second-order valence-electron chi connectivity index (χ2n) is 3.84. The van der Waals surface area contributed by atoms with Crippen LogP contribution >= 0.6 is 0 Å². The van der Waals surface area contributed by atoms with Crippen molar-refractivity contribution in [3.8, 4) is 0 Å². The third-order valence-corrected chi connectivity index (χ3v) is 4.30. The molecule has 0 aliphatic carbocycles. The van der Waals surface area contributed by atoms with Gasteiger partial charge < -0.3 is 5.11 Å². The summed E-state index contributed by atoms with van der Waals surface area (Å²) in [6, 6.07) is -0.139. The zero-order valence-electron chi connectivity index (χ0n) is 8.64. The van der Waals surface area contributed by atoms with Crippen LogP contribution in [0.5, 0.6) is 0 Å². The molecule has 0 radical (unpaired) electrons. The fourth-order valence-electron chi connectivity index (χ4n) is 1.58. The van der Waals surface area contributed by atoms with Gasteiger partial charge in [0.05, 0.1) is 11.5 Å². The molecule has 6 heteroatoms. The summed E-state index contributed by atoms with van der Waals surface area (Å²) in [4.78, 5) is 12.4. The number of carboxylic acid groups (broad SMARTS) is 1. The Labute approximate surface area is 89.3 Å². The summed E-state index contributed by atoms with van der Waals surface area (Å²) in [5.74, 6) is -0.833. The Kier molecular flexibility index (Phi) is 3.51. The smallest absolute Gasteiger partial charge is 0.332 e. The maximum atomic E-state index is 11.3. The van der Waals surface area contributed by atoms with Gasteiger partial charge in [-0.1, -0.05) is 6.58 Å². The predicted molar refractivity (Wildman–Crippen MR) is 56.5 cm³/mol. The van der Waals surface area contributed by atoms with Gasteiger partial charge in [0.15, 0.2) is 9.84 Å². The summed E-state index contributed by atoms with van der Waals surface area (Å²) in [7, 11) is -2.94. The van der Waals surface area contributed by atoms with Crippen LogP contribution in [0.2, 0.25) is 0 Å². The van der Waals surface area contributed by atoms with Crippen molar-refractivity contribution in [1.29, 1.82) is 0 Å². The first-order chi connectivity index (χ1) is 6.82. The summed E-state index contributed by atoms with van der Waals surface area (Å²) in [5.41, 5.74) is 0.0983. The van der Waals surface area contributed by atoms with Gasteiger partial charge in [-0.15, -0.1) is 0 Å². The van der Waals surface area contributed by atoms with Crippen molar-refractivity contribution in [3.63, 3.8) is 0 Å². The van der Waals surface area contributed by atoms with Crippen LogP contribution in [0.3, 0.4) is 0 Å². The zero-order valence-corrected chi connectivity index (χ0v) is 9.46. The van der Waals surface area contributed by atoms with Crippen molar-refractivity contribution in [2.75, 3.05) is 24.6 Å². The molecule has 1 unspecified atom stereocenters. The molecule has 0 bridgehead atoms. The molecule has 1 N–H and O–H groups in total. The van der Waals surface area contributed by atoms with Gasteiger partial charge in [-0.2, -0.15) is 0 Å². The van der Waals surface area contributed by atoms with Crippen molar-refractivity contribution in [3.05, 3.63) is 12.2 Å². The van der Waals surface area contributed by atoms with Gasteiger partial charge in [0.1, 0.15) is 0 Å². The monoisotopic (exact) mass is 233 g/mol. The normalized spacial score (nSPS) is 26.1. The number of carboxylic acids is 1. The summed E-state index contributed by atoms with van der Waals surface area (Å²) < 4.78 is 22.5. The van der Waals surface area contributed by atoms with Gasteiger partial charge in [0, 0.05) is 24.7 Å². The van der Waals surface area contributed by atoms with E-state index in [9.17, 15) is 13.2 Å². The first kappa shape index (κ1) is 12.2. The highest BCUT2D eigenvalue weighted by molar-refractivity contribution is 7.91. The van der Waals surface area contributed by atoms with E-state index in [1.165, 1.54) is 0 Å². The predicted octanol–water partition coefficient (Wildman–Crippen LogP) is -0.254. The highest BCUT2D eigenvalue weighted by Crippen LogP contribution is 2.12. The molecule has 1 aliphatic heterocycles. The lowest BCUT2D eigenvalue weighted by molar-refractivity contribution is -0.132. The van der Waals surface area contributed by atoms with Crippen LogP contribution in [0.1, 0.15) is 6.92 Å². The molecule has 1 atom stereocenters. The molecule has 0 aromatic heterocycles. The third-order valence-electron chi connectivity index (χ3n) is 2.50. The molecule has 0 aromatic carbocycles. The Morgan fingerprint density at radius 2 is 2.20 bits per heavy atom. The van der Waals surface area contributed by atoms with Crippen molar-refractivity contribution >= 4 is 15.8 Å². The third kappa shape index (κ3) is 3.32. The van der Waals surface area contributed by atoms with E-state index < -0.39 is 15.8 Å². The summed E-state index contributed by atoms with van der Waals surface area (Å²) in [5, 5.41) is 8.66. The summed E-state index contributed by atoms with van der Waals surface area (Å²) in [6.45, 7) is 5.82. The van der Waals surface area contributed by atoms with E-state index in [0.29, 0.717) is 6.54 Å². The van der Waals surface area contributed by atoms with Crippen LogP contribution in [0.25, 0.3) is 0 Å². The van der Waals surface area contributed by atoms with E-state index in [2.05, 4.69) is 6.58 Å². The molecule has 5 nitrogen and oxygen atoms in total. The van der Waals surface area contributed by atoms with E-state index in [4.69, 9.17) is 5.11 Å². The van der Waals surface area contributed by atoms with Crippen molar-refractivity contribution in [2.45, 2.75) is 13.0 Å². The standard InChI is InChI=1S/C9H15NO4S/c1-7(9(11)12)5-10-3-4-15(13,14)6-8(10)2/h8H,1,3-6H2,2H3,(H,11,12). The number of aliphatic carboxylic acids is 1. The van der Waals surface area contributed by atoms with Crippen LogP contribution in [-0.4, -0.2) is 55.0 Å². The molecule has 15 heavy (non-hydrogen) atoms. The molecule has 1 aliphatic rings. The Morgan fingerprint density at radius 3 is 2.67 bits per heavy atom. The van der Waals surface area contributed by atoms with Gasteiger partial charge in [-0.25, -0.2) is 13.2 Å². The minimum Gasteiger partial charge on any atom is -0.478 e. The molecular formula is C9H15NO4S. The molecule has 0 spiro atoms. The van der Waals surface area contributed by atoms with Crippen molar-refractivity contribution in [1.82, 2.24) is 4.90 Å². The molecule has 1 saturated heterocycles. The van der Waals surface area contributed by atoms with Crippen molar-refractivity contribution in [2.24, 2.45) is 0 Å². The van der Waals surface area contributed by atoms with E-state index in [1.807, 2.05) is 4.90 Å². The molecule has 1 fully saturated rings. The number of hydrogen-bond acceptors (Lipinski definition) is 4. The fraction of sp³-hybridized carbons (Fsp3) is 0.667. The molecule has 86 valence electrons. The highest BCUT2D eigenvalue weighted by Gasteiger charge is 2.28. The van der Waals surface area contributed by atoms with Gasteiger partial charge >= 0.3 is 5.97 Å². The molecule has 0 saturated carbocycles. The molecular weight excluding hydrogens is 218 g/mol. The molecule has 0 amide bonds. The van der Waals surface area contributed by atoms with Gasteiger partial charge in [0.25, 0.3) is 0 Å². The number of carbonyl (C=O) groups is 1. The zero-order chi connectivity index (χ0) is 11.6. The Bertz CT molecular complexity index is 374. The van der Waals surface area contributed by atoms with E-state index >= 15 is 0 Å². The fourth-order valence-corrected chi connectivity index (χ4v) is 3.21. The first-order valence-electron chi connectivity index (χ1n) is 4.67. The lowest BCUT2D eigenvalue weighted by atomic mass is 10.2. The molecule has 1 heterocycles. The number of hydrogen-bond donors (Lipinski definition) is 1. The number of rotatable bonds is 3. The first-order valence-corrected chi connectivity index (χ1v) is 6.49. The minimum absolute atomic E-state index is 0.0971. The van der Waals surface area contributed by atoms with Crippen LogP contribution in [-0.2, 0) is 14.6 Å². The lowest BCUT2D eigenvalue weighted by Gasteiger charge is -2.32. The summed E-state index contributed by atoms with van der Waals surface area (Å²) >= 11 is 0. The molecule has 1 rings (SSSR count). The number of sulfone groups is 1. The number of nitrogens with zero attached hydrogens (tertiary/aromatic N) is 1. The summed E-state index contributed by atoms with van der Waals surface area (Å²) in [6.07, 6.45) is 0. The second kappa shape index (κ2) is 4.32. The van der Waals surface area contributed by atoms with Crippen molar-refractivity contribution < 1.29 is 18.3 Å². The van der Waals surface area contributed by atoms with Crippen LogP contribution in [0.15, 0.2) is 12.2 Å². The van der Waals surface area contributed by atoms with E-state index in [1.54, 1.807) is 6.92 Å². The molecule has 0 aromatic rings. The SMILES string of the molecule is C=C(CN1CCS(=O)(=O)CC1C)C(=O)O. The average molecular weight is 233 g/mol. The van der Waals surface area contributed by atoms with E-state index in [-0.39, 0.29) is 29.7 Å². The van der Waals surface area contributed by atoms with Crippen LogP contribution < -0.4 is 0 Å². The van der Waals surface area contributed by atoms with Gasteiger partial charge in [-0.3, -0.25) is 4.90 Å². The second-order valence-corrected chi connectivity index (χ2v) is 6.07. The van der Waals surface area contributed by atoms with E-state index in [0.717, 1.165) is 0 Å². The Morgan fingerprint density at radius 1 is 1.60 bits per heavy atom. The Balaban J connectivity index is 2.60. The van der Waals surface area contributed by atoms with Gasteiger partial charge in [0.2, 0.25) is 0 Å². The maximum Gasteiger partial charge on any atom is 0.332 e. The maximum absolute atomic E-state index is 11.3. The van der Waals surface area contributed by atoms with Gasteiger partial charge in [-0.05, 0) is 6.92 Å². The minimum atomic E-state index is -2.94. The lowest BCUT2D eigenvalue weighted by Crippen LogP contribution is -2.47. The van der Waals surface area contributed by atoms with Crippen LogP contribution in [0.4, 0.5) is 0 Å².